The molecule has 1 aromatic rings. The Labute approximate surface area is 155 Å². The minimum absolute atomic E-state index is 0.102. The number of rotatable bonds is 7. The highest BCUT2D eigenvalue weighted by Crippen LogP contribution is 2.36. The third-order valence-electron chi connectivity index (χ3n) is 4.75. The summed E-state index contributed by atoms with van der Waals surface area (Å²) in [6.45, 7) is 7.59. The molecule has 0 spiro atoms. The standard InChI is InChI=1S/C22H27NO3/c1-15-13-18(24)20(16(2)21(15)26)22(3,4)14-19(25)23-12-8-11-17-9-6-5-7-10-17/h5-7,9-10,13H,8,11-12,14H2,1-4H3,(H,23,25). The lowest BCUT2D eigenvalue weighted by molar-refractivity contribution is -0.123. The van der Waals surface area contributed by atoms with Crippen molar-refractivity contribution in [1.82, 2.24) is 5.32 Å². The number of ketones is 2. The van der Waals surface area contributed by atoms with Crippen molar-refractivity contribution in [2.45, 2.75) is 47.0 Å². The Morgan fingerprint density at radius 1 is 1.08 bits per heavy atom. The second-order valence-electron chi connectivity index (χ2n) is 7.52. The molecule has 4 heteroatoms. The number of hydrogen-bond acceptors (Lipinski definition) is 3. The van der Waals surface area contributed by atoms with Crippen LogP contribution < -0.4 is 5.32 Å². The Morgan fingerprint density at radius 3 is 2.38 bits per heavy atom. The molecule has 26 heavy (non-hydrogen) atoms. The van der Waals surface area contributed by atoms with Crippen LogP contribution in [0.5, 0.6) is 0 Å². The van der Waals surface area contributed by atoms with Gasteiger partial charge in [-0.1, -0.05) is 44.2 Å². The highest BCUT2D eigenvalue weighted by Gasteiger charge is 2.35. The molecular weight excluding hydrogens is 326 g/mol. The van der Waals surface area contributed by atoms with Gasteiger partial charge in [-0.25, -0.2) is 0 Å². The Balaban J connectivity index is 1.91. The highest BCUT2D eigenvalue weighted by molar-refractivity contribution is 6.22. The van der Waals surface area contributed by atoms with E-state index in [-0.39, 0.29) is 23.9 Å². The molecule has 1 amide bonds. The first-order chi connectivity index (χ1) is 12.2. The summed E-state index contributed by atoms with van der Waals surface area (Å²) in [6, 6.07) is 10.1. The summed E-state index contributed by atoms with van der Waals surface area (Å²) in [5, 5.41) is 2.92. The molecule has 0 unspecified atom stereocenters. The van der Waals surface area contributed by atoms with E-state index in [1.807, 2.05) is 32.0 Å². The van der Waals surface area contributed by atoms with Gasteiger partial charge in [0.2, 0.25) is 5.91 Å². The first-order valence-corrected chi connectivity index (χ1v) is 9.01. The fourth-order valence-electron chi connectivity index (χ4n) is 3.49. The number of aryl methyl sites for hydroxylation is 1. The number of carbonyl (C=O) groups excluding carboxylic acids is 3. The van der Waals surface area contributed by atoms with Crippen LogP contribution in [0.15, 0.2) is 53.1 Å². The summed E-state index contributed by atoms with van der Waals surface area (Å²) < 4.78 is 0. The van der Waals surface area contributed by atoms with Crippen molar-refractivity contribution in [3.05, 3.63) is 58.7 Å². The average molecular weight is 353 g/mol. The molecule has 0 fully saturated rings. The van der Waals surface area contributed by atoms with Gasteiger partial charge in [-0.05, 0) is 38.3 Å². The number of nitrogens with one attached hydrogen (secondary N) is 1. The Bertz CT molecular complexity index is 770. The predicted octanol–water partition coefficient (Wildman–Crippen LogP) is 3.57. The van der Waals surface area contributed by atoms with Gasteiger partial charge in [0, 0.05) is 35.1 Å². The van der Waals surface area contributed by atoms with Crippen LogP contribution in [0.1, 0.15) is 46.1 Å². The largest absolute Gasteiger partial charge is 0.356 e. The van der Waals surface area contributed by atoms with Crippen LogP contribution in [0.3, 0.4) is 0 Å². The zero-order valence-corrected chi connectivity index (χ0v) is 16.0. The molecule has 1 N–H and O–H groups in total. The predicted molar refractivity (Wildman–Crippen MR) is 103 cm³/mol. The van der Waals surface area contributed by atoms with Crippen LogP contribution in [0.25, 0.3) is 0 Å². The van der Waals surface area contributed by atoms with Gasteiger partial charge >= 0.3 is 0 Å². The third-order valence-corrected chi connectivity index (χ3v) is 4.75. The second kappa shape index (κ2) is 8.26. The summed E-state index contributed by atoms with van der Waals surface area (Å²) in [7, 11) is 0. The molecule has 0 saturated heterocycles. The molecule has 1 aliphatic rings. The molecule has 1 aromatic carbocycles. The summed E-state index contributed by atoms with van der Waals surface area (Å²) >= 11 is 0. The lowest BCUT2D eigenvalue weighted by atomic mass is 9.73. The number of Topliss-reactive ketones (excluding diaryl/α,β-unsaturated/α-hetero) is 1. The van der Waals surface area contributed by atoms with E-state index in [0.717, 1.165) is 12.8 Å². The smallest absolute Gasteiger partial charge is 0.220 e. The lowest BCUT2D eigenvalue weighted by Crippen LogP contribution is -2.34. The molecule has 0 saturated carbocycles. The fraction of sp³-hybridized carbons (Fsp3) is 0.409. The van der Waals surface area contributed by atoms with Crippen LogP contribution in [0.4, 0.5) is 0 Å². The Morgan fingerprint density at radius 2 is 1.73 bits per heavy atom. The maximum Gasteiger partial charge on any atom is 0.220 e. The third kappa shape index (κ3) is 4.78. The molecule has 0 heterocycles. The molecule has 0 radical (unpaired) electrons. The summed E-state index contributed by atoms with van der Waals surface area (Å²) in [4.78, 5) is 36.9. The van der Waals surface area contributed by atoms with Crippen molar-refractivity contribution in [1.29, 1.82) is 0 Å². The van der Waals surface area contributed by atoms with Crippen molar-refractivity contribution in [3.8, 4) is 0 Å². The second-order valence-corrected chi connectivity index (χ2v) is 7.52. The van der Waals surface area contributed by atoms with E-state index in [0.29, 0.717) is 23.3 Å². The van der Waals surface area contributed by atoms with E-state index in [1.165, 1.54) is 11.6 Å². The van der Waals surface area contributed by atoms with Crippen LogP contribution in [0.2, 0.25) is 0 Å². The molecule has 0 aliphatic heterocycles. The zero-order chi connectivity index (χ0) is 19.3. The van der Waals surface area contributed by atoms with Crippen molar-refractivity contribution in [2.24, 2.45) is 5.41 Å². The van der Waals surface area contributed by atoms with Crippen LogP contribution in [-0.2, 0) is 20.8 Å². The first-order valence-electron chi connectivity index (χ1n) is 9.01. The van der Waals surface area contributed by atoms with Crippen molar-refractivity contribution in [3.63, 3.8) is 0 Å². The number of benzene rings is 1. The number of carbonyl (C=O) groups is 3. The maximum absolute atomic E-state index is 12.4. The minimum atomic E-state index is -0.683. The number of amides is 1. The monoisotopic (exact) mass is 353 g/mol. The summed E-state index contributed by atoms with van der Waals surface area (Å²) in [5.74, 6) is -0.382. The van der Waals surface area contributed by atoms with E-state index in [1.54, 1.807) is 13.8 Å². The quantitative estimate of drug-likeness (QED) is 0.602. The summed E-state index contributed by atoms with van der Waals surface area (Å²) in [6.07, 6.45) is 3.32. The van der Waals surface area contributed by atoms with Gasteiger partial charge in [0.05, 0.1) is 0 Å². The first kappa shape index (κ1) is 19.8. The van der Waals surface area contributed by atoms with Gasteiger partial charge in [-0.2, -0.15) is 0 Å². The SMILES string of the molecule is CC1=CC(=O)C(C(C)(C)CC(=O)NCCCc2ccccc2)=C(C)C1=O. The molecule has 1 aliphatic carbocycles. The summed E-state index contributed by atoms with van der Waals surface area (Å²) in [5.41, 5.74) is 1.93. The van der Waals surface area contributed by atoms with E-state index >= 15 is 0 Å². The van der Waals surface area contributed by atoms with E-state index in [2.05, 4.69) is 17.4 Å². The zero-order valence-electron chi connectivity index (χ0n) is 16.0. The number of hydrogen-bond donors (Lipinski definition) is 1. The topological polar surface area (TPSA) is 63.2 Å². The van der Waals surface area contributed by atoms with Crippen LogP contribution in [-0.4, -0.2) is 24.0 Å². The van der Waals surface area contributed by atoms with E-state index in [4.69, 9.17) is 0 Å². The molecule has 2 rings (SSSR count). The Hall–Kier alpha value is -2.49. The molecule has 4 nitrogen and oxygen atoms in total. The van der Waals surface area contributed by atoms with Crippen LogP contribution >= 0.6 is 0 Å². The minimum Gasteiger partial charge on any atom is -0.356 e. The van der Waals surface area contributed by atoms with Gasteiger partial charge in [-0.3, -0.25) is 14.4 Å². The van der Waals surface area contributed by atoms with Gasteiger partial charge in [0.25, 0.3) is 0 Å². The Kier molecular flexibility index (Phi) is 6.30. The van der Waals surface area contributed by atoms with Gasteiger partial charge in [0.1, 0.15) is 0 Å². The molecule has 0 atom stereocenters. The van der Waals surface area contributed by atoms with Crippen LogP contribution in [0, 0.1) is 5.41 Å². The highest BCUT2D eigenvalue weighted by atomic mass is 16.2. The van der Waals surface area contributed by atoms with Gasteiger partial charge in [-0.15, -0.1) is 0 Å². The molecular formula is C22H27NO3. The fourth-order valence-corrected chi connectivity index (χ4v) is 3.49. The van der Waals surface area contributed by atoms with E-state index < -0.39 is 5.41 Å². The molecule has 0 bridgehead atoms. The molecule has 138 valence electrons. The van der Waals surface area contributed by atoms with Crippen molar-refractivity contribution in [2.75, 3.05) is 6.54 Å². The van der Waals surface area contributed by atoms with Crippen molar-refractivity contribution < 1.29 is 14.4 Å². The maximum atomic E-state index is 12.4. The molecule has 0 aromatic heterocycles. The lowest BCUT2D eigenvalue weighted by Gasteiger charge is -2.29. The average Bonchev–Trinajstić information content (AvgIpc) is 2.57. The van der Waals surface area contributed by atoms with E-state index in [9.17, 15) is 14.4 Å². The van der Waals surface area contributed by atoms with Gasteiger partial charge < -0.3 is 5.32 Å². The normalized spacial score (nSPS) is 15.2. The number of allylic oxidation sites excluding steroid dienone is 4. The van der Waals surface area contributed by atoms with Gasteiger partial charge in [0.15, 0.2) is 11.6 Å². The van der Waals surface area contributed by atoms with Crippen molar-refractivity contribution >= 4 is 17.5 Å².